The van der Waals surface area contributed by atoms with Gasteiger partial charge in [-0.15, -0.1) is 0 Å². The second-order valence-corrected chi connectivity index (χ2v) is 8.84. The summed E-state index contributed by atoms with van der Waals surface area (Å²) in [5.41, 5.74) is 1.67. The van der Waals surface area contributed by atoms with Gasteiger partial charge in [-0.1, -0.05) is 17.7 Å². The van der Waals surface area contributed by atoms with E-state index in [0.717, 1.165) is 5.56 Å². The van der Waals surface area contributed by atoms with Crippen LogP contribution in [0.4, 0.5) is 0 Å². The summed E-state index contributed by atoms with van der Waals surface area (Å²) in [4.78, 5) is 33.3. The Hall–Kier alpha value is -4.28. The Morgan fingerprint density at radius 1 is 1.17 bits per heavy atom. The topological polar surface area (TPSA) is 117 Å². The lowest BCUT2D eigenvalue weighted by Crippen LogP contribution is -2.35. The van der Waals surface area contributed by atoms with Crippen LogP contribution in [-0.4, -0.2) is 45.0 Å². The standard InChI is InChI=1S/C25H16ClN5O4S/c1-34-17-7-5-15(6-8-17)24(33)35-20-9-4-14(12-19(20)26)11-18-21(27)31-25(29-22(18)32)36-23(30-31)16-3-2-10-28-13-16/h2-13,27H,1H3. The lowest BCUT2D eigenvalue weighted by molar-refractivity contribution is -0.114. The fourth-order valence-electron chi connectivity index (χ4n) is 3.34. The van der Waals surface area contributed by atoms with Gasteiger partial charge in [-0.2, -0.15) is 15.1 Å². The molecule has 36 heavy (non-hydrogen) atoms. The first-order valence-corrected chi connectivity index (χ1v) is 11.7. The van der Waals surface area contributed by atoms with Gasteiger partial charge in [-0.25, -0.2) is 4.79 Å². The predicted octanol–water partition coefficient (Wildman–Crippen LogP) is 4.63. The number of nitrogens with zero attached hydrogens (tertiary/aromatic N) is 4. The van der Waals surface area contributed by atoms with Crippen molar-refractivity contribution >= 4 is 57.4 Å². The summed E-state index contributed by atoms with van der Waals surface area (Å²) in [6.45, 7) is 0. The summed E-state index contributed by atoms with van der Waals surface area (Å²) in [6, 6.07) is 14.8. The molecule has 0 saturated carbocycles. The molecule has 0 saturated heterocycles. The van der Waals surface area contributed by atoms with E-state index >= 15 is 0 Å². The second-order valence-electron chi connectivity index (χ2n) is 7.47. The van der Waals surface area contributed by atoms with Crippen molar-refractivity contribution in [2.45, 2.75) is 0 Å². The lowest BCUT2D eigenvalue weighted by Gasteiger charge is -2.20. The smallest absolute Gasteiger partial charge is 0.343 e. The van der Waals surface area contributed by atoms with E-state index in [0.29, 0.717) is 27.1 Å². The Morgan fingerprint density at radius 2 is 1.97 bits per heavy atom. The summed E-state index contributed by atoms with van der Waals surface area (Å²) in [7, 11) is 1.54. The zero-order valence-corrected chi connectivity index (χ0v) is 20.2. The van der Waals surface area contributed by atoms with Crippen LogP contribution in [0, 0.1) is 5.41 Å². The number of aromatic nitrogens is 1. The quantitative estimate of drug-likeness (QED) is 0.298. The van der Waals surface area contributed by atoms with Crippen molar-refractivity contribution in [3.8, 4) is 11.5 Å². The molecule has 5 rings (SSSR count). The van der Waals surface area contributed by atoms with Crippen molar-refractivity contribution in [1.29, 1.82) is 5.41 Å². The van der Waals surface area contributed by atoms with Crippen LogP contribution in [0.3, 0.4) is 0 Å². The van der Waals surface area contributed by atoms with Crippen LogP contribution in [0.25, 0.3) is 6.08 Å². The fourth-order valence-corrected chi connectivity index (χ4v) is 4.45. The average Bonchev–Trinajstić information content (AvgIpc) is 3.33. The van der Waals surface area contributed by atoms with Crippen LogP contribution in [0.2, 0.25) is 5.02 Å². The van der Waals surface area contributed by atoms with Gasteiger partial charge in [0.05, 0.1) is 23.3 Å². The number of pyridine rings is 1. The van der Waals surface area contributed by atoms with Crippen molar-refractivity contribution in [1.82, 2.24) is 9.99 Å². The summed E-state index contributed by atoms with van der Waals surface area (Å²) in [6.07, 6.45) is 4.80. The van der Waals surface area contributed by atoms with E-state index in [-0.39, 0.29) is 22.2 Å². The molecule has 3 aromatic rings. The average molecular weight is 518 g/mol. The first kappa shape index (κ1) is 23.5. The molecular formula is C25H16ClN5O4S. The van der Waals surface area contributed by atoms with Gasteiger partial charge in [0.15, 0.2) is 5.84 Å². The number of ether oxygens (including phenoxy) is 2. The largest absolute Gasteiger partial charge is 0.497 e. The number of amides is 1. The minimum absolute atomic E-state index is 0.0505. The molecule has 9 nitrogen and oxygen atoms in total. The molecule has 2 aromatic carbocycles. The zero-order valence-electron chi connectivity index (χ0n) is 18.6. The number of carbonyl (C=O) groups excluding carboxylic acids is 2. The van der Waals surface area contributed by atoms with Crippen LogP contribution in [0.1, 0.15) is 21.5 Å². The van der Waals surface area contributed by atoms with E-state index in [2.05, 4.69) is 15.1 Å². The van der Waals surface area contributed by atoms with Gasteiger partial charge in [0.1, 0.15) is 16.5 Å². The highest BCUT2D eigenvalue weighted by atomic mass is 35.5. The molecule has 0 fully saturated rings. The highest BCUT2D eigenvalue weighted by molar-refractivity contribution is 8.27. The van der Waals surface area contributed by atoms with Crippen molar-refractivity contribution in [3.05, 3.63) is 94.3 Å². The number of thioether (sulfide) groups is 1. The van der Waals surface area contributed by atoms with Crippen molar-refractivity contribution < 1.29 is 19.1 Å². The van der Waals surface area contributed by atoms with Gasteiger partial charge < -0.3 is 9.47 Å². The number of fused-ring (bicyclic) bond motifs is 1. The second kappa shape index (κ2) is 9.76. The molecule has 178 valence electrons. The van der Waals surface area contributed by atoms with Crippen LogP contribution < -0.4 is 9.47 Å². The van der Waals surface area contributed by atoms with Crippen LogP contribution in [0.15, 0.2) is 82.7 Å². The molecule has 0 spiro atoms. The molecule has 0 atom stereocenters. The molecule has 0 unspecified atom stereocenters. The third kappa shape index (κ3) is 4.64. The molecule has 0 bridgehead atoms. The number of esters is 1. The Kier molecular flexibility index (Phi) is 6.36. The first-order chi connectivity index (χ1) is 17.4. The van der Waals surface area contributed by atoms with Crippen molar-refractivity contribution in [3.63, 3.8) is 0 Å². The van der Waals surface area contributed by atoms with Crippen LogP contribution in [-0.2, 0) is 4.79 Å². The highest BCUT2D eigenvalue weighted by Gasteiger charge is 2.36. The monoisotopic (exact) mass is 517 g/mol. The molecule has 1 amide bonds. The number of benzene rings is 2. The van der Waals surface area contributed by atoms with E-state index in [9.17, 15) is 9.59 Å². The Balaban J connectivity index is 1.35. The number of hydrogen-bond donors (Lipinski definition) is 1. The minimum atomic E-state index is -0.578. The van der Waals surface area contributed by atoms with Gasteiger partial charge in [0.2, 0.25) is 5.17 Å². The maximum atomic E-state index is 12.7. The SMILES string of the molecule is COc1ccc(C(=O)Oc2ccc(C=C3C(=N)N4N=C(c5cccnc5)SC4=NC3=O)cc2Cl)cc1. The lowest BCUT2D eigenvalue weighted by atomic mass is 10.1. The molecule has 0 aliphatic carbocycles. The summed E-state index contributed by atoms with van der Waals surface area (Å²) < 4.78 is 10.5. The van der Waals surface area contributed by atoms with E-state index in [1.165, 1.54) is 42.1 Å². The maximum absolute atomic E-state index is 12.7. The molecule has 0 radical (unpaired) electrons. The number of nitrogens with one attached hydrogen (secondary N) is 1. The van der Waals surface area contributed by atoms with Gasteiger partial charge in [0, 0.05) is 18.0 Å². The molecule has 2 aliphatic rings. The van der Waals surface area contributed by atoms with Crippen molar-refractivity contribution in [2.75, 3.05) is 7.11 Å². The van der Waals surface area contributed by atoms with E-state index < -0.39 is 11.9 Å². The number of carbonyl (C=O) groups is 2. The number of halogens is 1. The van der Waals surface area contributed by atoms with Gasteiger partial charge in [-0.05, 0) is 71.9 Å². The highest BCUT2D eigenvalue weighted by Crippen LogP contribution is 2.32. The number of hydrogen-bond acceptors (Lipinski definition) is 8. The van der Waals surface area contributed by atoms with Crippen LogP contribution >= 0.6 is 23.4 Å². The van der Waals surface area contributed by atoms with Gasteiger partial charge in [-0.3, -0.25) is 15.2 Å². The summed E-state index contributed by atoms with van der Waals surface area (Å²) in [5, 5.41) is 15.3. The Bertz CT molecular complexity index is 1490. The number of methoxy groups -OCH3 is 1. The number of hydrazone groups is 1. The molecule has 11 heteroatoms. The van der Waals surface area contributed by atoms with E-state index in [1.54, 1.807) is 48.8 Å². The van der Waals surface area contributed by atoms with Crippen molar-refractivity contribution in [2.24, 2.45) is 10.1 Å². The third-order valence-electron chi connectivity index (χ3n) is 5.16. The van der Waals surface area contributed by atoms with Gasteiger partial charge in [0.25, 0.3) is 5.91 Å². The van der Waals surface area contributed by atoms with E-state index in [1.807, 2.05) is 6.07 Å². The fraction of sp³-hybridized carbons (Fsp3) is 0.0400. The third-order valence-corrected chi connectivity index (χ3v) is 6.41. The predicted molar refractivity (Wildman–Crippen MR) is 138 cm³/mol. The van der Waals surface area contributed by atoms with E-state index in [4.69, 9.17) is 26.5 Å². The van der Waals surface area contributed by atoms with Gasteiger partial charge >= 0.3 is 5.97 Å². The summed E-state index contributed by atoms with van der Waals surface area (Å²) >= 11 is 7.54. The molecular weight excluding hydrogens is 502 g/mol. The first-order valence-electron chi connectivity index (χ1n) is 10.5. The van der Waals surface area contributed by atoms with Crippen LogP contribution in [0.5, 0.6) is 11.5 Å². The molecule has 2 aliphatic heterocycles. The maximum Gasteiger partial charge on any atom is 0.343 e. The number of rotatable bonds is 5. The normalized spacial score (nSPS) is 15.9. The minimum Gasteiger partial charge on any atom is -0.497 e. The Morgan fingerprint density at radius 3 is 2.67 bits per heavy atom. The molecule has 1 aromatic heterocycles. The number of amidine groups is 2. The molecule has 1 N–H and O–H groups in total. The zero-order chi connectivity index (χ0) is 25.2. The Labute approximate surface area is 214 Å². The summed E-state index contributed by atoms with van der Waals surface area (Å²) in [5.74, 6) is -0.472. The number of aliphatic imine (C=N–C) groups is 1. The molecule has 3 heterocycles.